The van der Waals surface area contributed by atoms with E-state index >= 15 is 0 Å². The van der Waals surface area contributed by atoms with Crippen LogP contribution >= 0.6 is 0 Å². The zero-order chi connectivity index (χ0) is 17.2. The first-order valence-electron chi connectivity index (χ1n) is 8.32. The van der Waals surface area contributed by atoms with Gasteiger partial charge in [-0.05, 0) is 53.6 Å². The average Bonchev–Trinajstić information content (AvgIpc) is 3.08. The Bertz CT molecular complexity index is 947. The van der Waals surface area contributed by atoms with Gasteiger partial charge < -0.3 is 9.64 Å². The minimum Gasteiger partial charge on any atom is -0.423 e. The predicted molar refractivity (Wildman–Crippen MR) is 96.9 cm³/mol. The molecule has 1 aliphatic heterocycles. The third kappa shape index (κ3) is 3.11. The lowest BCUT2D eigenvalue weighted by Crippen LogP contribution is -2.23. The highest BCUT2D eigenvalue weighted by molar-refractivity contribution is 5.97. The van der Waals surface area contributed by atoms with Crippen molar-refractivity contribution in [1.29, 1.82) is 0 Å². The van der Waals surface area contributed by atoms with Crippen LogP contribution in [0, 0.1) is 0 Å². The number of hydrogen-bond acceptors (Lipinski definition) is 3. The van der Waals surface area contributed by atoms with Crippen molar-refractivity contribution in [2.24, 2.45) is 0 Å². The summed E-state index contributed by atoms with van der Waals surface area (Å²) in [5.41, 5.74) is 1.35. The third-order valence-electron chi connectivity index (χ3n) is 4.42. The summed E-state index contributed by atoms with van der Waals surface area (Å²) in [6, 6.07) is 20.4. The molecule has 0 atom stereocenters. The van der Waals surface area contributed by atoms with Gasteiger partial charge in [0.2, 0.25) is 5.91 Å². The van der Waals surface area contributed by atoms with E-state index in [4.69, 9.17) is 4.74 Å². The average molecular weight is 331 g/mol. The smallest absolute Gasteiger partial charge is 0.343 e. The Morgan fingerprint density at radius 3 is 2.40 bits per heavy atom. The van der Waals surface area contributed by atoms with Gasteiger partial charge in [0.05, 0.1) is 5.56 Å². The van der Waals surface area contributed by atoms with Crippen molar-refractivity contribution in [1.82, 2.24) is 0 Å². The molecule has 1 heterocycles. The van der Waals surface area contributed by atoms with Crippen molar-refractivity contribution in [3.05, 3.63) is 72.3 Å². The maximum Gasteiger partial charge on any atom is 0.343 e. The molecule has 0 aliphatic carbocycles. The Labute approximate surface area is 145 Å². The highest BCUT2D eigenvalue weighted by Crippen LogP contribution is 2.24. The van der Waals surface area contributed by atoms with Gasteiger partial charge in [0.25, 0.3) is 0 Å². The van der Waals surface area contributed by atoms with Gasteiger partial charge in [0.1, 0.15) is 5.75 Å². The van der Waals surface area contributed by atoms with Gasteiger partial charge in [0.15, 0.2) is 0 Å². The second-order valence-electron chi connectivity index (χ2n) is 6.09. The van der Waals surface area contributed by atoms with Crippen LogP contribution in [0.3, 0.4) is 0 Å². The van der Waals surface area contributed by atoms with E-state index in [1.807, 2.05) is 48.5 Å². The largest absolute Gasteiger partial charge is 0.423 e. The number of carbonyl (C=O) groups is 2. The van der Waals surface area contributed by atoms with Crippen LogP contribution in [-0.4, -0.2) is 18.4 Å². The van der Waals surface area contributed by atoms with E-state index in [1.165, 1.54) is 0 Å². The fraction of sp³-hybridized carbons (Fsp3) is 0.143. The van der Waals surface area contributed by atoms with Crippen LogP contribution < -0.4 is 9.64 Å². The monoisotopic (exact) mass is 331 g/mol. The molecule has 1 saturated heterocycles. The highest BCUT2D eigenvalue weighted by Gasteiger charge is 2.21. The Kier molecular flexibility index (Phi) is 3.94. The summed E-state index contributed by atoms with van der Waals surface area (Å²) in [5.74, 6) is 0.213. The second kappa shape index (κ2) is 6.40. The zero-order valence-corrected chi connectivity index (χ0v) is 13.6. The predicted octanol–water partition coefficient (Wildman–Crippen LogP) is 4.19. The highest BCUT2D eigenvalue weighted by atomic mass is 16.5. The van der Waals surface area contributed by atoms with E-state index in [0.717, 1.165) is 29.4 Å². The number of carbonyl (C=O) groups excluding carboxylic acids is 2. The molecular weight excluding hydrogens is 314 g/mol. The molecule has 0 aromatic heterocycles. The van der Waals surface area contributed by atoms with E-state index in [2.05, 4.69) is 0 Å². The summed E-state index contributed by atoms with van der Waals surface area (Å²) in [5, 5.41) is 2.08. The number of benzene rings is 3. The van der Waals surface area contributed by atoms with Crippen LogP contribution in [0.4, 0.5) is 5.69 Å². The number of ether oxygens (including phenoxy) is 1. The van der Waals surface area contributed by atoms with E-state index in [0.29, 0.717) is 17.7 Å². The molecule has 0 radical (unpaired) electrons. The van der Waals surface area contributed by atoms with Crippen LogP contribution in [-0.2, 0) is 4.79 Å². The van der Waals surface area contributed by atoms with Crippen molar-refractivity contribution in [2.45, 2.75) is 12.8 Å². The Balaban J connectivity index is 1.50. The molecule has 124 valence electrons. The molecule has 4 rings (SSSR count). The van der Waals surface area contributed by atoms with Gasteiger partial charge >= 0.3 is 5.97 Å². The summed E-state index contributed by atoms with van der Waals surface area (Å²) < 4.78 is 5.45. The van der Waals surface area contributed by atoms with Gasteiger partial charge in [0, 0.05) is 18.7 Å². The summed E-state index contributed by atoms with van der Waals surface area (Å²) in [6.07, 6.45) is 1.48. The molecule has 4 heteroatoms. The molecule has 0 N–H and O–H groups in total. The minimum absolute atomic E-state index is 0.140. The van der Waals surface area contributed by atoms with Crippen LogP contribution in [0.2, 0.25) is 0 Å². The van der Waals surface area contributed by atoms with E-state index in [1.54, 1.807) is 23.1 Å². The Hall–Kier alpha value is -3.14. The van der Waals surface area contributed by atoms with Crippen molar-refractivity contribution in [3.8, 4) is 5.75 Å². The van der Waals surface area contributed by atoms with Crippen LogP contribution in [0.1, 0.15) is 23.2 Å². The molecule has 0 bridgehead atoms. The van der Waals surface area contributed by atoms with Gasteiger partial charge in [-0.15, -0.1) is 0 Å². The van der Waals surface area contributed by atoms with E-state index < -0.39 is 5.97 Å². The topological polar surface area (TPSA) is 46.6 Å². The maximum absolute atomic E-state index is 12.4. The SMILES string of the molecule is O=C(Oc1ccc(N2CCCC2=O)cc1)c1ccc2ccccc2c1. The number of anilines is 1. The number of rotatable bonds is 3. The lowest BCUT2D eigenvalue weighted by atomic mass is 10.1. The molecule has 0 spiro atoms. The fourth-order valence-corrected chi connectivity index (χ4v) is 3.10. The fourth-order valence-electron chi connectivity index (χ4n) is 3.10. The molecule has 0 unspecified atom stereocenters. The number of hydrogen-bond donors (Lipinski definition) is 0. The third-order valence-corrected chi connectivity index (χ3v) is 4.42. The van der Waals surface area contributed by atoms with Crippen molar-refractivity contribution in [2.75, 3.05) is 11.4 Å². The van der Waals surface area contributed by atoms with E-state index in [9.17, 15) is 9.59 Å². The quantitative estimate of drug-likeness (QED) is 0.534. The maximum atomic E-state index is 12.4. The lowest BCUT2D eigenvalue weighted by molar-refractivity contribution is -0.117. The molecular formula is C21H17NO3. The van der Waals surface area contributed by atoms with Gasteiger partial charge in [-0.2, -0.15) is 0 Å². The van der Waals surface area contributed by atoms with Crippen molar-refractivity contribution in [3.63, 3.8) is 0 Å². The lowest BCUT2D eigenvalue weighted by Gasteiger charge is -2.15. The molecule has 1 fully saturated rings. The van der Waals surface area contributed by atoms with Crippen molar-refractivity contribution >= 4 is 28.3 Å². The molecule has 3 aromatic rings. The van der Waals surface area contributed by atoms with Crippen molar-refractivity contribution < 1.29 is 14.3 Å². The molecule has 1 aliphatic rings. The molecule has 1 amide bonds. The Morgan fingerprint density at radius 1 is 0.920 bits per heavy atom. The Morgan fingerprint density at radius 2 is 1.68 bits per heavy atom. The first-order valence-corrected chi connectivity index (χ1v) is 8.32. The van der Waals surface area contributed by atoms with Crippen LogP contribution in [0.5, 0.6) is 5.75 Å². The number of esters is 1. The normalized spacial score (nSPS) is 14.1. The summed E-state index contributed by atoms with van der Waals surface area (Å²) in [4.78, 5) is 25.9. The number of nitrogens with zero attached hydrogens (tertiary/aromatic N) is 1. The standard InChI is InChI=1S/C21H17NO3/c23-20-6-3-13-22(20)18-9-11-19(12-10-18)25-21(24)17-8-7-15-4-1-2-5-16(15)14-17/h1-2,4-5,7-12,14H,3,6,13H2. The minimum atomic E-state index is -0.393. The molecule has 3 aromatic carbocycles. The zero-order valence-electron chi connectivity index (χ0n) is 13.6. The molecule has 25 heavy (non-hydrogen) atoms. The molecule has 4 nitrogen and oxygen atoms in total. The summed E-state index contributed by atoms with van der Waals surface area (Å²) in [6.45, 7) is 0.745. The summed E-state index contributed by atoms with van der Waals surface area (Å²) in [7, 11) is 0. The second-order valence-corrected chi connectivity index (χ2v) is 6.09. The van der Waals surface area contributed by atoms with Gasteiger partial charge in [-0.3, -0.25) is 4.79 Å². The van der Waals surface area contributed by atoms with Crippen LogP contribution in [0.25, 0.3) is 10.8 Å². The van der Waals surface area contributed by atoms with Crippen LogP contribution in [0.15, 0.2) is 66.7 Å². The van der Waals surface area contributed by atoms with Gasteiger partial charge in [-0.25, -0.2) is 4.79 Å². The first kappa shape index (κ1) is 15.4. The van der Waals surface area contributed by atoms with E-state index in [-0.39, 0.29) is 5.91 Å². The number of amides is 1. The first-order chi connectivity index (χ1) is 12.2. The molecule has 0 saturated carbocycles. The van der Waals surface area contributed by atoms with Gasteiger partial charge in [-0.1, -0.05) is 30.3 Å². The number of fused-ring (bicyclic) bond motifs is 1. The summed E-state index contributed by atoms with van der Waals surface area (Å²) >= 11 is 0.